The first-order valence-electron chi connectivity index (χ1n) is 3.67. The van der Waals surface area contributed by atoms with Crippen molar-refractivity contribution in [1.82, 2.24) is 4.90 Å². The van der Waals surface area contributed by atoms with E-state index >= 15 is 0 Å². The molecule has 0 N–H and O–H groups in total. The van der Waals surface area contributed by atoms with E-state index in [2.05, 4.69) is 4.74 Å². The second kappa shape index (κ2) is 4.72. The third kappa shape index (κ3) is 3.84. The summed E-state index contributed by atoms with van der Waals surface area (Å²) in [6.45, 7) is 0. The Hall–Kier alpha value is -1.36. The molecule has 0 unspecified atom stereocenters. The summed E-state index contributed by atoms with van der Waals surface area (Å²) in [5.74, 6) is -6.69. The van der Waals surface area contributed by atoms with Crippen LogP contribution in [-0.4, -0.2) is 30.8 Å². The van der Waals surface area contributed by atoms with Gasteiger partial charge in [0.1, 0.15) is 0 Å². The van der Waals surface area contributed by atoms with Crippen LogP contribution >= 0.6 is 0 Å². The highest BCUT2D eigenvalue weighted by Crippen LogP contribution is 2.41. The van der Waals surface area contributed by atoms with Crippen LogP contribution < -0.4 is 0 Å². The maximum Gasteiger partial charge on any atom is 0.493 e. The minimum absolute atomic E-state index is 0.0767. The van der Waals surface area contributed by atoms with Crippen molar-refractivity contribution in [2.45, 2.75) is 18.8 Å². The van der Waals surface area contributed by atoms with Crippen LogP contribution in [0.25, 0.3) is 0 Å². The molecule has 0 aliphatic rings. The number of allylic oxidation sites excluding steroid dienone is 1. The van der Waals surface area contributed by atoms with E-state index < -0.39 is 35.4 Å². The monoisotopic (exact) mass is 295 g/mol. The van der Waals surface area contributed by atoms with E-state index in [0.717, 1.165) is 0 Å². The van der Waals surface area contributed by atoms with Crippen LogP contribution in [0.5, 0.6) is 0 Å². The lowest BCUT2D eigenvalue weighted by atomic mass is 10.4. The summed E-state index contributed by atoms with van der Waals surface area (Å²) in [6.07, 6.45) is -18.7. The fourth-order valence-corrected chi connectivity index (χ4v) is 0.785. The van der Waals surface area contributed by atoms with Crippen LogP contribution in [0.3, 0.4) is 0 Å². The first-order valence-corrected chi connectivity index (χ1v) is 3.67. The van der Waals surface area contributed by atoms with Crippen LogP contribution in [0.1, 0.15) is 0 Å². The zero-order chi connectivity index (χ0) is 14.9. The highest BCUT2D eigenvalue weighted by atomic mass is 19.4. The molecule has 0 fully saturated rings. The summed E-state index contributed by atoms with van der Waals surface area (Å²) in [4.78, 5) is -2.94. The summed E-state index contributed by atoms with van der Waals surface area (Å²) >= 11 is 0. The summed E-state index contributed by atoms with van der Waals surface area (Å²) in [7, 11) is 0.0767. The standard InChI is InChI=1S/C6H3F10NO/c1-18-2(4(8,9)10)3(7)17(5(11,12)13)6(14,15)16/h1H3. The van der Waals surface area contributed by atoms with E-state index in [1.165, 1.54) is 0 Å². The summed E-state index contributed by atoms with van der Waals surface area (Å²) < 4.78 is 123. The lowest BCUT2D eigenvalue weighted by molar-refractivity contribution is -0.366. The third-order valence-corrected chi connectivity index (χ3v) is 1.35. The minimum Gasteiger partial charge on any atom is -0.489 e. The van der Waals surface area contributed by atoms with Crippen molar-refractivity contribution in [3.8, 4) is 0 Å². The zero-order valence-electron chi connectivity index (χ0n) is 8.14. The zero-order valence-corrected chi connectivity index (χ0v) is 8.14. The Bertz CT molecular complexity index is 309. The van der Waals surface area contributed by atoms with Crippen LogP contribution in [0.4, 0.5) is 43.9 Å². The fraction of sp³-hybridized carbons (Fsp3) is 0.667. The molecule has 108 valence electrons. The molecule has 0 aromatic rings. The molecule has 0 atom stereocenters. The molecule has 12 heteroatoms. The predicted octanol–water partition coefficient (Wildman–Crippen LogP) is 3.68. The molecule has 0 saturated heterocycles. The Balaban J connectivity index is 5.87. The van der Waals surface area contributed by atoms with Gasteiger partial charge in [-0.1, -0.05) is 0 Å². The van der Waals surface area contributed by atoms with Gasteiger partial charge in [0.05, 0.1) is 7.11 Å². The first kappa shape index (κ1) is 16.6. The van der Waals surface area contributed by atoms with Crippen molar-refractivity contribution < 1.29 is 48.6 Å². The van der Waals surface area contributed by atoms with Crippen LogP contribution in [0, 0.1) is 0 Å². The summed E-state index contributed by atoms with van der Waals surface area (Å²) in [5, 5.41) is 0. The van der Waals surface area contributed by atoms with E-state index in [1.807, 2.05) is 0 Å². The van der Waals surface area contributed by atoms with E-state index in [1.54, 1.807) is 0 Å². The third-order valence-electron chi connectivity index (χ3n) is 1.35. The van der Waals surface area contributed by atoms with Crippen LogP contribution in [-0.2, 0) is 4.74 Å². The topological polar surface area (TPSA) is 12.5 Å². The number of hydrogen-bond donors (Lipinski definition) is 0. The maximum atomic E-state index is 12.7. The van der Waals surface area contributed by atoms with Gasteiger partial charge in [-0.15, -0.1) is 26.3 Å². The van der Waals surface area contributed by atoms with Crippen molar-refractivity contribution in [1.29, 1.82) is 0 Å². The van der Waals surface area contributed by atoms with Crippen molar-refractivity contribution in [2.24, 2.45) is 0 Å². The molecule has 0 aromatic heterocycles. The Morgan fingerprint density at radius 3 is 1.33 bits per heavy atom. The number of ether oxygens (including phenoxy) is 1. The molecule has 0 amide bonds. The number of rotatable bonds is 2. The average molecular weight is 295 g/mol. The quantitative estimate of drug-likeness (QED) is 0.438. The van der Waals surface area contributed by atoms with Gasteiger partial charge >= 0.3 is 18.8 Å². The van der Waals surface area contributed by atoms with Crippen LogP contribution in [0.2, 0.25) is 0 Å². The Morgan fingerprint density at radius 2 is 1.17 bits per heavy atom. The molecule has 0 aliphatic carbocycles. The number of methoxy groups -OCH3 is 1. The highest BCUT2D eigenvalue weighted by Gasteiger charge is 2.58. The summed E-state index contributed by atoms with van der Waals surface area (Å²) in [5.41, 5.74) is 0. The van der Waals surface area contributed by atoms with E-state index in [9.17, 15) is 43.9 Å². The van der Waals surface area contributed by atoms with Gasteiger partial charge in [0, 0.05) is 0 Å². The van der Waals surface area contributed by atoms with Gasteiger partial charge in [-0.05, 0) is 0 Å². The SMILES string of the molecule is COC(=C(F)N(C(F)(F)F)C(F)(F)F)C(F)(F)F. The van der Waals surface area contributed by atoms with Gasteiger partial charge in [-0.2, -0.15) is 22.5 Å². The van der Waals surface area contributed by atoms with Crippen molar-refractivity contribution >= 4 is 0 Å². The maximum absolute atomic E-state index is 12.7. The molecule has 0 aliphatic heterocycles. The van der Waals surface area contributed by atoms with E-state index in [4.69, 9.17) is 0 Å². The van der Waals surface area contributed by atoms with Gasteiger partial charge in [-0.3, -0.25) is 0 Å². The molecular weight excluding hydrogens is 292 g/mol. The van der Waals surface area contributed by atoms with E-state index in [0.29, 0.717) is 0 Å². The molecule has 0 heterocycles. The number of nitrogens with zero attached hydrogens (tertiary/aromatic N) is 1. The molecule has 0 aromatic carbocycles. The molecule has 0 bridgehead atoms. The number of alkyl halides is 9. The minimum atomic E-state index is -6.43. The van der Waals surface area contributed by atoms with Gasteiger partial charge in [-0.25, -0.2) is 0 Å². The molecule has 18 heavy (non-hydrogen) atoms. The molecular formula is C6H3F10NO. The van der Waals surface area contributed by atoms with Crippen molar-refractivity contribution in [3.63, 3.8) is 0 Å². The average Bonchev–Trinajstić information content (AvgIpc) is 1.94. The second-order valence-electron chi connectivity index (χ2n) is 2.59. The lowest BCUT2D eigenvalue weighted by Crippen LogP contribution is -2.47. The number of halogens is 10. The van der Waals surface area contributed by atoms with Gasteiger partial charge < -0.3 is 4.74 Å². The van der Waals surface area contributed by atoms with E-state index in [-0.39, 0.29) is 7.11 Å². The number of hydrogen-bond acceptors (Lipinski definition) is 2. The normalized spacial score (nSPS) is 15.3. The second-order valence-corrected chi connectivity index (χ2v) is 2.59. The Kier molecular flexibility index (Phi) is 4.37. The Labute approximate surface area is 92.4 Å². The smallest absolute Gasteiger partial charge is 0.489 e. The molecule has 0 rings (SSSR count). The van der Waals surface area contributed by atoms with Crippen molar-refractivity contribution in [3.05, 3.63) is 11.7 Å². The molecule has 0 saturated carbocycles. The highest BCUT2D eigenvalue weighted by molar-refractivity contribution is 5.07. The summed E-state index contributed by atoms with van der Waals surface area (Å²) in [6, 6.07) is 0. The molecule has 0 spiro atoms. The fourth-order valence-electron chi connectivity index (χ4n) is 0.785. The first-order chi connectivity index (χ1) is 7.73. The Morgan fingerprint density at radius 1 is 0.833 bits per heavy atom. The van der Waals surface area contributed by atoms with Crippen molar-refractivity contribution in [2.75, 3.05) is 7.11 Å². The molecule has 2 nitrogen and oxygen atoms in total. The van der Waals surface area contributed by atoms with Gasteiger partial charge in [0.25, 0.3) is 11.7 Å². The molecule has 0 radical (unpaired) electrons. The lowest BCUT2D eigenvalue weighted by Gasteiger charge is -2.27. The predicted molar refractivity (Wildman–Crippen MR) is 35.1 cm³/mol. The van der Waals surface area contributed by atoms with Gasteiger partial charge in [0.15, 0.2) is 0 Å². The van der Waals surface area contributed by atoms with Crippen LogP contribution in [0.15, 0.2) is 11.7 Å². The van der Waals surface area contributed by atoms with Gasteiger partial charge in [0.2, 0.25) is 0 Å². The largest absolute Gasteiger partial charge is 0.493 e.